The Morgan fingerprint density at radius 3 is 2.40 bits per heavy atom. The van der Waals surface area contributed by atoms with Gasteiger partial charge in [-0.3, -0.25) is 4.79 Å². The predicted octanol–water partition coefficient (Wildman–Crippen LogP) is 4.06. The maximum absolute atomic E-state index is 11.9. The maximum atomic E-state index is 11.9. The fourth-order valence-electron chi connectivity index (χ4n) is 1.99. The summed E-state index contributed by atoms with van der Waals surface area (Å²) in [5.74, 6) is 0.769. The molecule has 0 bridgehead atoms. The lowest BCUT2D eigenvalue weighted by Gasteiger charge is -2.08. The van der Waals surface area contributed by atoms with Gasteiger partial charge in [0.15, 0.2) is 0 Å². The second-order valence-corrected chi connectivity index (χ2v) is 5.65. The van der Waals surface area contributed by atoms with Gasteiger partial charge in [0.25, 0.3) is 5.91 Å². The summed E-state index contributed by atoms with van der Waals surface area (Å²) in [6, 6.07) is 7.68. The number of nitrogens with one attached hydrogen (secondary N) is 2. The van der Waals surface area contributed by atoms with Gasteiger partial charge in [-0.1, -0.05) is 33.6 Å². The average Bonchev–Trinajstić information content (AvgIpc) is 2.44. The minimum Gasteiger partial charge on any atom is -0.385 e. The molecule has 1 aromatic carbocycles. The highest BCUT2D eigenvalue weighted by Gasteiger charge is 2.04. The van der Waals surface area contributed by atoms with Crippen LogP contribution in [0, 0.1) is 5.92 Å². The SMILES string of the molecule is CCCNc1ccc(C(=O)NCCCCC(C)C)cc1. The Kier molecular flexibility index (Phi) is 7.78. The van der Waals surface area contributed by atoms with E-state index in [1.54, 1.807) is 0 Å². The minimum absolute atomic E-state index is 0.0246. The van der Waals surface area contributed by atoms with Crippen LogP contribution >= 0.6 is 0 Å². The molecule has 3 heteroatoms. The molecule has 1 amide bonds. The highest BCUT2D eigenvalue weighted by atomic mass is 16.1. The second kappa shape index (κ2) is 9.40. The average molecular weight is 276 g/mol. The van der Waals surface area contributed by atoms with Crippen molar-refractivity contribution in [2.75, 3.05) is 18.4 Å². The van der Waals surface area contributed by atoms with Crippen molar-refractivity contribution < 1.29 is 4.79 Å². The van der Waals surface area contributed by atoms with Crippen LogP contribution in [0.15, 0.2) is 24.3 Å². The van der Waals surface area contributed by atoms with Crippen LogP contribution in [-0.4, -0.2) is 19.0 Å². The number of carbonyl (C=O) groups excluding carboxylic acids is 1. The maximum Gasteiger partial charge on any atom is 0.251 e. The molecule has 0 spiro atoms. The molecule has 20 heavy (non-hydrogen) atoms. The van der Waals surface area contributed by atoms with Gasteiger partial charge in [-0.05, 0) is 43.0 Å². The van der Waals surface area contributed by atoms with E-state index in [9.17, 15) is 4.79 Å². The number of unbranched alkanes of at least 4 members (excludes halogenated alkanes) is 1. The predicted molar refractivity (Wildman–Crippen MR) is 86.2 cm³/mol. The molecular weight excluding hydrogens is 248 g/mol. The van der Waals surface area contributed by atoms with Crippen LogP contribution in [0.1, 0.15) is 56.8 Å². The molecule has 1 rings (SSSR count). The van der Waals surface area contributed by atoms with Crippen LogP contribution in [0.4, 0.5) is 5.69 Å². The summed E-state index contributed by atoms with van der Waals surface area (Å²) in [6.07, 6.45) is 4.56. The Balaban J connectivity index is 2.29. The van der Waals surface area contributed by atoms with E-state index in [4.69, 9.17) is 0 Å². The van der Waals surface area contributed by atoms with Crippen LogP contribution < -0.4 is 10.6 Å². The number of hydrogen-bond donors (Lipinski definition) is 2. The Morgan fingerprint density at radius 2 is 1.80 bits per heavy atom. The Bertz CT molecular complexity index is 384. The molecule has 0 aliphatic heterocycles. The third kappa shape index (κ3) is 6.60. The third-order valence-corrected chi connectivity index (χ3v) is 3.22. The zero-order valence-electron chi connectivity index (χ0n) is 13.0. The molecule has 0 unspecified atom stereocenters. The van der Waals surface area contributed by atoms with Crippen LogP contribution in [0.5, 0.6) is 0 Å². The molecule has 0 saturated carbocycles. The van der Waals surface area contributed by atoms with Crippen LogP contribution in [0.2, 0.25) is 0 Å². The number of hydrogen-bond acceptors (Lipinski definition) is 2. The number of benzene rings is 1. The van der Waals surface area contributed by atoms with Crippen LogP contribution in [-0.2, 0) is 0 Å². The fourth-order valence-corrected chi connectivity index (χ4v) is 1.99. The Labute approximate surface area is 123 Å². The summed E-state index contributed by atoms with van der Waals surface area (Å²) in [5, 5.41) is 6.28. The first-order valence-electron chi connectivity index (χ1n) is 7.75. The van der Waals surface area contributed by atoms with Gasteiger partial charge in [-0.2, -0.15) is 0 Å². The van der Waals surface area contributed by atoms with Gasteiger partial charge < -0.3 is 10.6 Å². The molecule has 0 aliphatic rings. The number of anilines is 1. The van der Waals surface area contributed by atoms with E-state index >= 15 is 0 Å². The van der Waals surface area contributed by atoms with Gasteiger partial charge in [0.2, 0.25) is 0 Å². The standard InChI is InChI=1S/C17H28N2O/c1-4-12-18-16-10-8-15(9-11-16)17(20)19-13-6-5-7-14(2)3/h8-11,14,18H,4-7,12-13H2,1-3H3,(H,19,20). The van der Waals surface area contributed by atoms with Crippen LogP contribution in [0.3, 0.4) is 0 Å². The molecule has 0 saturated heterocycles. The number of amides is 1. The van der Waals surface area contributed by atoms with Gasteiger partial charge in [0, 0.05) is 24.3 Å². The van der Waals surface area contributed by atoms with E-state index in [1.807, 2.05) is 24.3 Å². The zero-order chi connectivity index (χ0) is 14.8. The van der Waals surface area contributed by atoms with E-state index in [2.05, 4.69) is 31.4 Å². The first-order valence-corrected chi connectivity index (χ1v) is 7.75. The van der Waals surface area contributed by atoms with Crippen molar-refractivity contribution in [3.05, 3.63) is 29.8 Å². The molecule has 0 fully saturated rings. The molecule has 0 aromatic heterocycles. The molecule has 112 valence electrons. The van der Waals surface area contributed by atoms with Crippen molar-refractivity contribution in [1.29, 1.82) is 0 Å². The quantitative estimate of drug-likeness (QED) is 0.668. The van der Waals surface area contributed by atoms with Crippen molar-refractivity contribution in [2.24, 2.45) is 5.92 Å². The second-order valence-electron chi connectivity index (χ2n) is 5.65. The normalized spacial score (nSPS) is 10.6. The van der Waals surface area contributed by atoms with Gasteiger partial charge in [-0.25, -0.2) is 0 Å². The number of rotatable bonds is 9. The van der Waals surface area contributed by atoms with E-state index in [0.717, 1.165) is 43.1 Å². The summed E-state index contributed by atoms with van der Waals surface area (Å²) in [4.78, 5) is 11.9. The minimum atomic E-state index is 0.0246. The van der Waals surface area contributed by atoms with E-state index in [1.165, 1.54) is 12.8 Å². The lowest BCUT2D eigenvalue weighted by atomic mass is 10.1. The van der Waals surface area contributed by atoms with Gasteiger partial charge in [0.1, 0.15) is 0 Å². The molecule has 0 aliphatic carbocycles. The van der Waals surface area contributed by atoms with E-state index < -0.39 is 0 Å². The van der Waals surface area contributed by atoms with Crippen molar-refractivity contribution in [2.45, 2.75) is 46.5 Å². The first kappa shape index (κ1) is 16.5. The molecule has 0 atom stereocenters. The number of carbonyl (C=O) groups is 1. The van der Waals surface area contributed by atoms with E-state index in [0.29, 0.717) is 0 Å². The Morgan fingerprint density at radius 1 is 1.10 bits per heavy atom. The summed E-state index contributed by atoms with van der Waals surface area (Å²) in [6.45, 7) is 8.32. The summed E-state index contributed by atoms with van der Waals surface area (Å²) < 4.78 is 0. The first-order chi connectivity index (χ1) is 9.63. The van der Waals surface area contributed by atoms with Crippen molar-refractivity contribution in [3.63, 3.8) is 0 Å². The van der Waals surface area contributed by atoms with Crippen molar-refractivity contribution in [1.82, 2.24) is 5.32 Å². The largest absolute Gasteiger partial charge is 0.385 e. The lowest BCUT2D eigenvalue weighted by molar-refractivity contribution is 0.0953. The molecule has 0 heterocycles. The molecule has 0 radical (unpaired) electrons. The summed E-state index contributed by atoms with van der Waals surface area (Å²) in [5.41, 5.74) is 1.80. The smallest absolute Gasteiger partial charge is 0.251 e. The molecule has 3 nitrogen and oxygen atoms in total. The van der Waals surface area contributed by atoms with Crippen molar-refractivity contribution in [3.8, 4) is 0 Å². The topological polar surface area (TPSA) is 41.1 Å². The van der Waals surface area contributed by atoms with Crippen LogP contribution in [0.25, 0.3) is 0 Å². The van der Waals surface area contributed by atoms with E-state index in [-0.39, 0.29) is 5.91 Å². The third-order valence-electron chi connectivity index (χ3n) is 3.22. The van der Waals surface area contributed by atoms with Crippen molar-refractivity contribution >= 4 is 11.6 Å². The molecule has 2 N–H and O–H groups in total. The van der Waals surface area contributed by atoms with Gasteiger partial charge >= 0.3 is 0 Å². The highest BCUT2D eigenvalue weighted by Crippen LogP contribution is 2.10. The molecule has 1 aromatic rings. The summed E-state index contributed by atoms with van der Waals surface area (Å²) >= 11 is 0. The fraction of sp³-hybridized carbons (Fsp3) is 0.588. The monoisotopic (exact) mass is 276 g/mol. The Hall–Kier alpha value is -1.51. The zero-order valence-corrected chi connectivity index (χ0v) is 13.0. The lowest BCUT2D eigenvalue weighted by Crippen LogP contribution is -2.24. The highest BCUT2D eigenvalue weighted by molar-refractivity contribution is 5.94. The summed E-state index contributed by atoms with van der Waals surface area (Å²) in [7, 11) is 0. The van der Waals surface area contributed by atoms with Gasteiger partial charge in [-0.15, -0.1) is 0 Å². The van der Waals surface area contributed by atoms with Gasteiger partial charge in [0.05, 0.1) is 0 Å². The molecular formula is C17H28N2O.